The van der Waals surface area contributed by atoms with Gasteiger partial charge in [-0.15, -0.1) is 0 Å². The van der Waals surface area contributed by atoms with Crippen molar-refractivity contribution >= 4 is 16.8 Å². The lowest BCUT2D eigenvalue weighted by molar-refractivity contribution is -0.384. The predicted molar refractivity (Wildman–Crippen MR) is 46.5 cm³/mol. The molecule has 0 aliphatic rings. The van der Waals surface area contributed by atoms with E-state index in [9.17, 15) is 14.3 Å². The van der Waals surface area contributed by atoms with Crippen LogP contribution in [-0.4, -0.2) is 16.2 Å². The molecule has 1 atom stereocenters. The van der Waals surface area contributed by atoms with Crippen LogP contribution in [-0.2, 0) is 15.3 Å². The van der Waals surface area contributed by atoms with E-state index in [1.807, 2.05) is 0 Å². The van der Waals surface area contributed by atoms with Crippen molar-refractivity contribution in [1.82, 2.24) is 0 Å². The van der Waals surface area contributed by atoms with E-state index in [0.717, 1.165) is 0 Å². The lowest BCUT2D eigenvalue weighted by Gasteiger charge is -1.96. The second-order valence-electron chi connectivity index (χ2n) is 2.15. The van der Waals surface area contributed by atoms with E-state index >= 15 is 0 Å². The van der Waals surface area contributed by atoms with Gasteiger partial charge in [0, 0.05) is 12.1 Å². The summed E-state index contributed by atoms with van der Waals surface area (Å²) in [5.74, 6) is 0. The van der Waals surface area contributed by atoms with Crippen molar-refractivity contribution in [2.24, 2.45) is 0 Å². The van der Waals surface area contributed by atoms with Crippen LogP contribution in [0.1, 0.15) is 0 Å². The summed E-state index contributed by atoms with van der Waals surface area (Å²) in [4.78, 5) is 10.1. The van der Waals surface area contributed by atoms with Gasteiger partial charge in [0.25, 0.3) is 5.69 Å². The first-order valence-electron chi connectivity index (χ1n) is 3.36. The van der Waals surface area contributed by atoms with Gasteiger partial charge in [-0.25, -0.2) is 4.21 Å². The number of non-ortho nitro benzene ring substituents is 1. The molecule has 0 spiro atoms. The van der Waals surface area contributed by atoms with Crippen LogP contribution in [0.5, 0.6) is 0 Å². The molecule has 0 saturated heterocycles. The molecule has 1 unspecified atom stereocenters. The van der Waals surface area contributed by atoms with Gasteiger partial charge in [0.1, 0.15) is 0 Å². The first-order valence-corrected chi connectivity index (χ1v) is 4.43. The van der Waals surface area contributed by atoms with E-state index in [-0.39, 0.29) is 5.69 Å². The third kappa shape index (κ3) is 2.33. The molecule has 0 aliphatic carbocycles. The molecule has 0 aliphatic heterocycles. The molecule has 70 valence electrons. The molecular weight excluding hydrogens is 194 g/mol. The Morgan fingerprint density at radius 2 is 1.92 bits per heavy atom. The SMILES string of the molecule is COS(=O)c1ccc([N+](=O)[O-])cc1. The zero-order valence-corrected chi connectivity index (χ0v) is 7.61. The number of hydrogen-bond donors (Lipinski definition) is 0. The molecule has 0 heterocycles. The number of benzene rings is 1. The summed E-state index contributed by atoms with van der Waals surface area (Å²) in [6.07, 6.45) is 0. The Morgan fingerprint density at radius 3 is 2.31 bits per heavy atom. The molecule has 0 N–H and O–H groups in total. The topological polar surface area (TPSA) is 69.4 Å². The highest BCUT2D eigenvalue weighted by atomic mass is 32.2. The lowest BCUT2D eigenvalue weighted by Crippen LogP contribution is -1.93. The molecule has 5 nitrogen and oxygen atoms in total. The minimum Gasteiger partial charge on any atom is -0.290 e. The molecular formula is C7H7NO4S. The smallest absolute Gasteiger partial charge is 0.269 e. The molecule has 0 radical (unpaired) electrons. The average Bonchev–Trinajstić information content (AvgIpc) is 2.17. The fourth-order valence-electron chi connectivity index (χ4n) is 0.775. The summed E-state index contributed by atoms with van der Waals surface area (Å²) in [7, 11) is 1.30. The van der Waals surface area contributed by atoms with Gasteiger partial charge in [0.15, 0.2) is 11.1 Å². The Kier molecular flexibility index (Phi) is 3.10. The van der Waals surface area contributed by atoms with Crippen molar-refractivity contribution in [2.45, 2.75) is 4.90 Å². The minimum absolute atomic E-state index is 0.0307. The molecule has 1 rings (SSSR count). The molecule has 1 aromatic carbocycles. The van der Waals surface area contributed by atoms with Crippen LogP contribution in [0.15, 0.2) is 29.2 Å². The van der Waals surface area contributed by atoms with Gasteiger partial charge in [-0.3, -0.25) is 14.3 Å². The highest BCUT2D eigenvalue weighted by Crippen LogP contribution is 2.14. The van der Waals surface area contributed by atoms with Crippen LogP contribution in [0.3, 0.4) is 0 Å². The van der Waals surface area contributed by atoms with Crippen LogP contribution in [0.25, 0.3) is 0 Å². The van der Waals surface area contributed by atoms with Gasteiger partial charge < -0.3 is 0 Å². The lowest BCUT2D eigenvalue weighted by atomic mass is 10.3. The number of nitrogens with zero attached hydrogens (tertiary/aromatic N) is 1. The van der Waals surface area contributed by atoms with Crippen LogP contribution in [0, 0.1) is 10.1 Å². The van der Waals surface area contributed by atoms with Crippen molar-refractivity contribution < 1.29 is 13.3 Å². The van der Waals surface area contributed by atoms with Crippen molar-refractivity contribution in [2.75, 3.05) is 7.11 Å². The third-order valence-corrected chi connectivity index (χ3v) is 2.35. The van der Waals surface area contributed by atoms with E-state index in [1.165, 1.54) is 31.4 Å². The van der Waals surface area contributed by atoms with Gasteiger partial charge >= 0.3 is 0 Å². The quantitative estimate of drug-likeness (QED) is 0.545. The van der Waals surface area contributed by atoms with Crippen LogP contribution in [0.4, 0.5) is 5.69 Å². The standard InChI is InChI=1S/C7H7NO4S/c1-12-13(11)7-4-2-6(3-5-7)8(9)10/h2-5H,1H3. The third-order valence-electron chi connectivity index (χ3n) is 1.39. The van der Waals surface area contributed by atoms with Gasteiger partial charge in [0.2, 0.25) is 0 Å². The highest BCUT2D eigenvalue weighted by Gasteiger charge is 2.07. The van der Waals surface area contributed by atoms with Crippen LogP contribution < -0.4 is 0 Å². The average molecular weight is 201 g/mol. The Labute approximate surface area is 77.1 Å². The van der Waals surface area contributed by atoms with E-state index < -0.39 is 16.0 Å². The maximum absolute atomic E-state index is 11.0. The largest absolute Gasteiger partial charge is 0.290 e. The molecule has 0 fully saturated rings. The maximum atomic E-state index is 11.0. The van der Waals surface area contributed by atoms with Crippen LogP contribution >= 0.6 is 0 Å². The monoisotopic (exact) mass is 201 g/mol. The summed E-state index contributed by atoms with van der Waals surface area (Å²) in [5, 5.41) is 10.3. The first-order chi connectivity index (χ1) is 6.15. The Balaban J connectivity index is 2.93. The van der Waals surface area contributed by atoms with E-state index in [2.05, 4.69) is 4.18 Å². The van der Waals surface area contributed by atoms with Crippen LogP contribution in [0.2, 0.25) is 0 Å². The first kappa shape index (κ1) is 9.82. The molecule has 0 aromatic heterocycles. The summed E-state index contributed by atoms with van der Waals surface area (Å²) < 4.78 is 15.6. The van der Waals surface area contributed by atoms with Gasteiger partial charge in [-0.05, 0) is 12.1 Å². The molecule has 1 aromatic rings. The van der Waals surface area contributed by atoms with Crippen molar-refractivity contribution in [1.29, 1.82) is 0 Å². The summed E-state index contributed by atoms with van der Waals surface area (Å²) >= 11 is -1.53. The normalized spacial score (nSPS) is 12.4. The number of nitro benzene ring substituents is 1. The molecule has 0 saturated carbocycles. The summed E-state index contributed by atoms with van der Waals surface area (Å²) in [6, 6.07) is 5.37. The highest BCUT2D eigenvalue weighted by molar-refractivity contribution is 7.80. The van der Waals surface area contributed by atoms with Gasteiger partial charge in [0.05, 0.1) is 16.9 Å². The molecule has 0 bridgehead atoms. The second kappa shape index (κ2) is 4.11. The molecule has 0 amide bonds. The predicted octanol–water partition coefficient (Wildman–Crippen LogP) is 1.26. The fourth-order valence-corrected chi connectivity index (χ4v) is 1.33. The Hall–Kier alpha value is -1.27. The zero-order chi connectivity index (χ0) is 9.84. The zero-order valence-electron chi connectivity index (χ0n) is 6.80. The van der Waals surface area contributed by atoms with Gasteiger partial charge in [-0.2, -0.15) is 0 Å². The Morgan fingerprint density at radius 1 is 1.38 bits per heavy atom. The number of hydrogen-bond acceptors (Lipinski definition) is 4. The maximum Gasteiger partial charge on any atom is 0.269 e. The molecule has 13 heavy (non-hydrogen) atoms. The van der Waals surface area contributed by atoms with Crippen molar-refractivity contribution in [3.8, 4) is 0 Å². The number of nitro groups is 1. The van der Waals surface area contributed by atoms with Crippen molar-refractivity contribution in [3.05, 3.63) is 34.4 Å². The van der Waals surface area contributed by atoms with Crippen molar-refractivity contribution in [3.63, 3.8) is 0 Å². The van der Waals surface area contributed by atoms with E-state index in [0.29, 0.717) is 4.90 Å². The number of rotatable bonds is 3. The molecule has 6 heteroatoms. The summed E-state index contributed by atoms with van der Waals surface area (Å²) in [6.45, 7) is 0. The summed E-state index contributed by atoms with van der Waals surface area (Å²) in [5.41, 5.74) is -0.0307. The second-order valence-corrected chi connectivity index (χ2v) is 3.43. The Bertz CT molecular complexity index is 335. The minimum atomic E-state index is -1.53. The van der Waals surface area contributed by atoms with E-state index in [4.69, 9.17) is 0 Å². The van der Waals surface area contributed by atoms with E-state index in [1.54, 1.807) is 0 Å². The van der Waals surface area contributed by atoms with Gasteiger partial charge in [-0.1, -0.05) is 0 Å². The fraction of sp³-hybridized carbons (Fsp3) is 0.143.